The zero-order valence-electron chi connectivity index (χ0n) is 24.5. The Morgan fingerprint density at radius 3 is 1.27 bits per heavy atom. The van der Waals surface area contributed by atoms with Crippen molar-refractivity contribution in [2.24, 2.45) is 0 Å². The molecule has 0 fully saturated rings. The van der Waals surface area contributed by atoms with Crippen LogP contribution in [-0.2, 0) is 10.8 Å². The largest absolute Gasteiger partial charge is 0.464 e. The SMILES string of the molecule is CC(C)(C)c1ccc(OP(c2ccc(-c3ccccc3)cc2)c2ccc(-c3ccccc3)cc2)c(C(C)(C)C)c1. The fraction of sp³-hybridized carbons (Fsp3) is 0.211. The average molecular weight is 543 g/mol. The lowest BCUT2D eigenvalue weighted by Gasteiger charge is -2.29. The Kier molecular flexibility index (Phi) is 7.97. The standard InChI is InChI=1S/C38H39OP/c1-37(2,3)32-21-26-36(35(27-32)38(4,5)6)39-40(33-22-17-30(18-23-33)28-13-9-7-10-14-28)34-24-19-31(20-25-34)29-15-11-8-12-16-29/h7-27H,1-6H3. The maximum Gasteiger partial charge on any atom is 0.150 e. The molecule has 0 saturated heterocycles. The Labute approximate surface area is 241 Å². The molecule has 40 heavy (non-hydrogen) atoms. The fourth-order valence-electron chi connectivity index (χ4n) is 4.85. The molecule has 5 rings (SSSR count). The Balaban J connectivity index is 1.56. The first kappa shape index (κ1) is 27.9. The van der Waals surface area contributed by atoms with Crippen molar-refractivity contribution < 1.29 is 4.52 Å². The van der Waals surface area contributed by atoms with Gasteiger partial charge < -0.3 is 4.52 Å². The molecule has 5 aromatic carbocycles. The van der Waals surface area contributed by atoms with Gasteiger partial charge >= 0.3 is 0 Å². The smallest absolute Gasteiger partial charge is 0.150 e. The van der Waals surface area contributed by atoms with Crippen LogP contribution in [0.1, 0.15) is 52.7 Å². The van der Waals surface area contributed by atoms with Crippen molar-refractivity contribution in [1.29, 1.82) is 0 Å². The van der Waals surface area contributed by atoms with Crippen LogP contribution in [-0.4, -0.2) is 0 Å². The van der Waals surface area contributed by atoms with Crippen LogP contribution in [0.25, 0.3) is 22.3 Å². The van der Waals surface area contributed by atoms with E-state index in [4.69, 9.17) is 4.52 Å². The molecule has 0 N–H and O–H groups in total. The molecule has 0 saturated carbocycles. The summed E-state index contributed by atoms with van der Waals surface area (Å²) in [5.74, 6) is 0.964. The van der Waals surface area contributed by atoms with E-state index in [2.05, 4.69) is 169 Å². The van der Waals surface area contributed by atoms with Gasteiger partial charge in [0.25, 0.3) is 0 Å². The van der Waals surface area contributed by atoms with Crippen LogP contribution in [0.2, 0.25) is 0 Å². The molecule has 0 radical (unpaired) electrons. The lowest BCUT2D eigenvalue weighted by molar-refractivity contribution is 0.532. The third-order valence-corrected chi connectivity index (χ3v) is 9.17. The van der Waals surface area contributed by atoms with Crippen molar-refractivity contribution in [2.75, 3.05) is 0 Å². The van der Waals surface area contributed by atoms with E-state index >= 15 is 0 Å². The van der Waals surface area contributed by atoms with Gasteiger partial charge in [0.15, 0.2) is 8.15 Å². The van der Waals surface area contributed by atoms with E-state index in [1.165, 1.54) is 44.0 Å². The van der Waals surface area contributed by atoms with E-state index in [0.29, 0.717) is 0 Å². The summed E-state index contributed by atoms with van der Waals surface area (Å²) in [5, 5.41) is 2.39. The quantitative estimate of drug-likeness (QED) is 0.194. The molecule has 0 aliphatic heterocycles. The second-order valence-corrected chi connectivity index (χ2v) is 14.2. The highest BCUT2D eigenvalue weighted by Crippen LogP contribution is 2.43. The topological polar surface area (TPSA) is 9.23 Å². The van der Waals surface area contributed by atoms with Gasteiger partial charge in [0.05, 0.1) is 0 Å². The van der Waals surface area contributed by atoms with Crippen molar-refractivity contribution in [2.45, 2.75) is 52.4 Å². The molecule has 0 aromatic heterocycles. The average Bonchev–Trinajstić information content (AvgIpc) is 2.96. The normalized spacial score (nSPS) is 12.0. The maximum atomic E-state index is 7.07. The summed E-state index contributed by atoms with van der Waals surface area (Å²) in [6, 6.07) is 45.7. The molecule has 0 heterocycles. The van der Waals surface area contributed by atoms with Crippen LogP contribution in [0, 0.1) is 0 Å². The molecule has 0 bridgehead atoms. The molecule has 0 atom stereocenters. The van der Waals surface area contributed by atoms with Crippen LogP contribution in [0.5, 0.6) is 5.75 Å². The molecular weight excluding hydrogens is 503 g/mol. The molecule has 1 nitrogen and oxygen atoms in total. The number of rotatable bonds is 6. The first-order chi connectivity index (χ1) is 19.1. The summed E-state index contributed by atoms with van der Waals surface area (Å²) in [6.07, 6.45) is 0. The second-order valence-electron chi connectivity index (χ2n) is 12.4. The molecule has 0 spiro atoms. The van der Waals surface area contributed by atoms with E-state index < -0.39 is 8.15 Å². The minimum absolute atomic E-state index is 0.0497. The number of hydrogen-bond donors (Lipinski definition) is 0. The lowest BCUT2D eigenvalue weighted by Crippen LogP contribution is -2.20. The van der Waals surface area contributed by atoms with Gasteiger partial charge in [0, 0.05) is 16.2 Å². The second kappa shape index (κ2) is 11.4. The van der Waals surface area contributed by atoms with Gasteiger partial charge in [-0.3, -0.25) is 0 Å². The summed E-state index contributed by atoms with van der Waals surface area (Å²) in [5.41, 5.74) is 7.46. The van der Waals surface area contributed by atoms with E-state index in [0.717, 1.165) is 5.75 Å². The Morgan fingerprint density at radius 1 is 0.450 bits per heavy atom. The molecule has 202 valence electrons. The summed E-state index contributed by atoms with van der Waals surface area (Å²) in [7, 11) is -1.09. The fourth-order valence-corrected chi connectivity index (χ4v) is 6.56. The number of benzene rings is 5. The van der Waals surface area contributed by atoms with Crippen LogP contribution in [0.3, 0.4) is 0 Å². The molecule has 0 unspecified atom stereocenters. The van der Waals surface area contributed by atoms with E-state index in [-0.39, 0.29) is 10.8 Å². The zero-order chi connectivity index (χ0) is 28.3. The van der Waals surface area contributed by atoms with Gasteiger partial charge in [-0.25, -0.2) is 0 Å². The van der Waals surface area contributed by atoms with Crippen LogP contribution < -0.4 is 15.1 Å². The summed E-state index contributed by atoms with van der Waals surface area (Å²) in [4.78, 5) is 0. The first-order valence-electron chi connectivity index (χ1n) is 14.0. The minimum Gasteiger partial charge on any atom is -0.464 e. The first-order valence-corrected chi connectivity index (χ1v) is 15.3. The van der Waals surface area contributed by atoms with E-state index in [1.54, 1.807) is 0 Å². The van der Waals surface area contributed by atoms with Crippen LogP contribution >= 0.6 is 8.15 Å². The van der Waals surface area contributed by atoms with E-state index in [1.807, 2.05) is 0 Å². The summed E-state index contributed by atoms with van der Waals surface area (Å²) in [6.45, 7) is 13.6. The van der Waals surface area contributed by atoms with Crippen molar-refractivity contribution in [3.8, 4) is 28.0 Å². The van der Waals surface area contributed by atoms with Crippen LogP contribution in [0.15, 0.2) is 127 Å². The van der Waals surface area contributed by atoms with Gasteiger partial charge in [-0.15, -0.1) is 0 Å². The highest BCUT2D eigenvalue weighted by molar-refractivity contribution is 7.68. The number of hydrogen-bond acceptors (Lipinski definition) is 1. The van der Waals surface area contributed by atoms with Gasteiger partial charge in [-0.1, -0.05) is 163 Å². The Hall–Kier alpha value is -3.67. The van der Waals surface area contributed by atoms with Crippen molar-refractivity contribution in [1.82, 2.24) is 0 Å². The van der Waals surface area contributed by atoms with Gasteiger partial charge in [-0.2, -0.15) is 0 Å². The predicted octanol–water partition coefficient (Wildman–Crippen LogP) is 10.0. The van der Waals surface area contributed by atoms with Crippen molar-refractivity contribution in [3.63, 3.8) is 0 Å². The molecule has 0 amide bonds. The monoisotopic (exact) mass is 542 g/mol. The van der Waals surface area contributed by atoms with Crippen molar-refractivity contribution >= 4 is 18.8 Å². The molecular formula is C38H39OP. The lowest BCUT2D eigenvalue weighted by atomic mass is 9.80. The van der Waals surface area contributed by atoms with Gasteiger partial charge in [0.1, 0.15) is 5.75 Å². The van der Waals surface area contributed by atoms with Gasteiger partial charge in [-0.05, 0) is 44.7 Å². The molecule has 2 heteroatoms. The third kappa shape index (κ3) is 6.38. The maximum absolute atomic E-state index is 7.07. The summed E-state index contributed by atoms with van der Waals surface area (Å²) < 4.78 is 7.07. The van der Waals surface area contributed by atoms with E-state index in [9.17, 15) is 0 Å². The highest BCUT2D eigenvalue weighted by Gasteiger charge is 2.26. The third-order valence-electron chi connectivity index (χ3n) is 7.26. The zero-order valence-corrected chi connectivity index (χ0v) is 25.4. The molecule has 5 aromatic rings. The van der Waals surface area contributed by atoms with Crippen LogP contribution in [0.4, 0.5) is 0 Å². The molecule has 0 aliphatic carbocycles. The Morgan fingerprint density at radius 2 is 0.875 bits per heavy atom. The Bertz CT molecular complexity index is 1460. The van der Waals surface area contributed by atoms with Crippen molar-refractivity contribution in [3.05, 3.63) is 139 Å². The highest BCUT2D eigenvalue weighted by atomic mass is 31.1. The van der Waals surface area contributed by atoms with Gasteiger partial charge in [0.2, 0.25) is 0 Å². The predicted molar refractivity (Wildman–Crippen MR) is 174 cm³/mol. The summed E-state index contributed by atoms with van der Waals surface area (Å²) >= 11 is 0. The molecule has 0 aliphatic rings. The minimum atomic E-state index is -1.09.